The lowest BCUT2D eigenvalue weighted by Crippen LogP contribution is -2.13. The maximum absolute atomic E-state index is 11.7. The van der Waals surface area contributed by atoms with E-state index in [0.29, 0.717) is 18.1 Å². The van der Waals surface area contributed by atoms with E-state index < -0.39 is 0 Å². The molecule has 1 atom stereocenters. The van der Waals surface area contributed by atoms with Gasteiger partial charge < -0.3 is 5.32 Å². The summed E-state index contributed by atoms with van der Waals surface area (Å²) < 4.78 is 0. The van der Waals surface area contributed by atoms with E-state index in [9.17, 15) is 4.79 Å². The van der Waals surface area contributed by atoms with E-state index in [1.807, 2.05) is 18.2 Å². The Bertz CT molecular complexity index is 328. The molecule has 1 unspecified atom stereocenters. The van der Waals surface area contributed by atoms with Crippen molar-refractivity contribution in [1.29, 1.82) is 0 Å². The van der Waals surface area contributed by atoms with Crippen molar-refractivity contribution in [2.45, 2.75) is 25.7 Å². The number of benzene rings is 1. The molecule has 2 rings (SSSR count). The Hall–Kier alpha value is -1.15. The van der Waals surface area contributed by atoms with E-state index in [0.717, 1.165) is 32.4 Å². The molecule has 16 heavy (non-hydrogen) atoms. The maximum Gasteiger partial charge on any atom is 0.133 e. The van der Waals surface area contributed by atoms with Gasteiger partial charge in [0.05, 0.1) is 0 Å². The highest BCUT2D eigenvalue weighted by Crippen LogP contribution is 2.14. The van der Waals surface area contributed by atoms with E-state index in [1.165, 1.54) is 5.56 Å². The van der Waals surface area contributed by atoms with E-state index >= 15 is 0 Å². The van der Waals surface area contributed by atoms with Crippen LogP contribution in [0, 0.1) is 5.92 Å². The molecule has 0 saturated carbocycles. The molecule has 1 aromatic carbocycles. The van der Waals surface area contributed by atoms with Gasteiger partial charge in [-0.05, 0) is 37.4 Å². The van der Waals surface area contributed by atoms with Crippen molar-refractivity contribution in [2.24, 2.45) is 5.92 Å². The maximum atomic E-state index is 11.7. The number of ketones is 1. The zero-order chi connectivity index (χ0) is 11.2. The molecule has 0 radical (unpaired) electrons. The van der Waals surface area contributed by atoms with Crippen molar-refractivity contribution in [3.8, 4) is 0 Å². The first-order valence-electron chi connectivity index (χ1n) is 6.11. The van der Waals surface area contributed by atoms with Crippen LogP contribution in [0.15, 0.2) is 30.3 Å². The monoisotopic (exact) mass is 217 g/mol. The molecule has 2 nitrogen and oxygen atoms in total. The van der Waals surface area contributed by atoms with Crippen molar-refractivity contribution in [1.82, 2.24) is 5.32 Å². The van der Waals surface area contributed by atoms with Gasteiger partial charge in [-0.1, -0.05) is 30.3 Å². The molecular formula is C14H19NO. The first kappa shape index (κ1) is 11.3. The van der Waals surface area contributed by atoms with Crippen molar-refractivity contribution >= 4 is 5.78 Å². The van der Waals surface area contributed by atoms with Gasteiger partial charge in [0.1, 0.15) is 5.78 Å². The molecule has 86 valence electrons. The van der Waals surface area contributed by atoms with Gasteiger partial charge in [-0.25, -0.2) is 0 Å². The number of hydrogen-bond acceptors (Lipinski definition) is 2. The minimum absolute atomic E-state index is 0.414. The molecule has 1 N–H and O–H groups in total. The van der Waals surface area contributed by atoms with Crippen LogP contribution in [0.5, 0.6) is 0 Å². The SMILES string of the molecule is O=C(CCc1ccccc1)CC1CCNC1. The van der Waals surface area contributed by atoms with E-state index in [4.69, 9.17) is 0 Å². The highest BCUT2D eigenvalue weighted by Gasteiger charge is 2.17. The summed E-state index contributed by atoms with van der Waals surface area (Å²) in [5.41, 5.74) is 1.26. The van der Waals surface area contributed by atoms with Gasteiger partial charge in [0.2, 0.25) is 0 Å². The molecule has 2 heteroatoms. The van der Waals surface area contributed by atoms with E-state index in [-0.39, 0.29) is 0 Å². The minimum Gasteiger partial charge on any atom is -0.316 e. The van der Waals surface area contributed by atoms with Crippen LogP contribution in [-0.4, -0.2) is 18.9 Å². The van der Waals surface area contributed by atoms with Crippen LogP contribution < -0.4 is 5.32 Å². The van der Waals surface area contributed by atoms with Crippen LogP contribution in [-0.2, 0) is 11.2 Å². The standard InChI is InChI=1S/C14H19NO/c16-14(10-13-8-9-15-11-13)7-6-12-4-2-1-3-5-12/h1-5,13,15H,6-11H2. The topological polar surface area (TPSA) is 29.1 Å². The molecule has 0 aliphatic carbocycles. The van der Waals surface area contributed by atoms with Gasteiger partial charge >= 0.3 is 0 Å². The van der Waals surface area contributed by atoms with Crippen LogP contribution in [0.4, 0.5) is 0 Å². The van der Waals surface area contributed by atoms with Gasteiger partial charge in [-0.15, -0.1) is 0 Å². The zero-order valence-corrected chi connectivity index (χ0v) is 9.61. The third kappa shape index (κ3) is 3.46. The zero-order valence-electron chi connectivity index (χ0n) is 9.61. The molecule has 1 heterocycles. The normalized spacial score (nSPS) is 19.9. The Kier molecular flexibility index (Phi) is 4.11. The van der Waals surface area contributed by atoms with Crippen molar-refractivity contribution < 1.29 is 4.79 Å². The second-order valence-electron chi connectivity index (χ2n) is 4.59. The number of nitrogens with one attached hydrogen (secondary N) is 1. The summed E-state index contributed by atoms with van der Waals surface area (Å²) in [4.78, 5) is 11.7. The minimum atomic E-state index is 0.414. The number of carbonyl (C=O) groups excluding carboxylic acids is 1. The fourth-order valence-corrected chi connectivity index (χ4v) is 2.24. The number of hydrogen-bond donors (Lipinski definition) is 1. The molecule has 0 amide bonds. The lowest BCUT2D eigenvalue weighted by atomic mass is 9.98. The van der Waals surface area contributed by atoms with Gasteiger partial charge in [-0.3, -0.25) is 4.79 Å². The summed E-state index contributed by atoms with van der Waals surface area (Å²) in [6.07, 6.45) is 3.51. The molecule has 1 fully saturated rings. The second kappa shape index (κ2) is 5.80. The summed E-state index contributed by atoms with van der Waals surface area (Å²) >= 11 is 0. The quantitative estimate of drug-likeness (QED) is 0.819. The summed E-state index contributed by atoms with van der Waals surface area (Å²) in [6.45, 7) is 2.10. The van der Waals surface area contributed by atoms with Gasteiger partial charge in [0.15, 0.2) is 0 Å². The van der Waals surface area contributed by atoms with Gasteiger partial charge in [0, 0.05) is 12.8 Å². The van der Waals surface area contributed by atoms with Gasteiger partial charge in [-0.2, -0.15) is 0 Å². The Labute approximate surface area is 97.1 Å². The summed E-state index contributed by atoms with van der Waals surface area (Å²) in [6, 6.07) is 10.2. The third-order valence-corrected chi connectivity index (χ3v) is 3.21. The lowest BCUT2D eigenvalue weighted by molar-refractivity contribution is -0.119. The van der Waals surface area contributed by atoms with Crippen LogP contribution >= 0.6 is 0 Å². The predicted molar refractivity (Wildman–Crippen MR) is 65.4 cm³/mol. The number of rotatable bonds is 5. The Morgan fingerprint density at radius 2 is 2.12 bits per heavy atom. The van der Waals surface area contributed by atoms with Crippen LogP contribution in [0.3, 0.4) is 0 Å². The first-order chi connectivity index (χ1) is 7.84. The van der Waals surface area contributed by atoms with Crippen LogP contribution in [0.1, 0.15) is 24.8 Å². The first-order valence-corrected chi connectivity index (χ1v) is 6.11. The van der Waals surface area contributed by atoms with E-state index in [2.05, 4.69) is 17.4 Å². The number of Topliss-reactive ketones (excluding diaryl/α,β-unsaturated/α-hetero) is 1. The Balaban J connectivity index is 1.71. The molecule has 0 aromatic heterocycles. The molecule has 1 saturated heterocycles. The number of aryl methyl sites for hydroxylation is 1. The third-order valence-electron chi connectivity index (χ3n) is 3.21. The summed E-state index contributed by atoms with van der Waals surface area (Å²) in [7, 11) is 0. The average molecular weight is 217 g/mol. The van der Waals surface area contributed by atoms with Crippen LogP contribution in [0.2, 0.25) is 0 Å². The molecule has 1 aliphatic heterocycles. The fraction of sp³-hybridized carbons (Fsp3) is 0.500. The highest BCUT2D eigenvalue weighted by molar-refractivity contribution is 5.78. The summed E-state index contributed by atoms with van der Waals surface area (Å²) in [5.74, 6) is 1.00. The molecule has 1 aromatic rings. The van der Waals surface area contributed by atoms with Crippen molar-refractivity contribution in [3.63, 3.8) is 0 Å². The second-order valence-corrected chi connectivity index (χ2v) is 4.59. The largest absolute Gasteiger partial charge is 0.316 e. The summed E-state index contributed by atoms with van der Waals surface area (Å²) in [5, 5.41) is 3.30. The predicted octanol–water partition coefficient (Wildman–Crippen LogP) is 2.19. The van der Waals surface area contributed by atoms with E-state index in [1.54, 1.807) is 0 Å². The molecule has 1 aliphatic rings. The molecule has 0 spiro atoms. The highest BCUT2D eigenvalue weighted by atomic mass is 16.1. The Morgan fingerprint density at radius 1 is 1.31 bits per heavy atom. The molecule has 0 bridgehead atoms. The fourth-order valence-electron chi connectivity index (χ4n) is 2.24. The van der Waals surface area contributed by atoms with Crippen LogP contribution in [0.25, 0.3) is 0 Å². The smallest absolute Gasteiger partial charge is 0.133 e. The average Bonchev–Trinajstić information content (AvgIpc) is 2.81. The molecular weight excluding hydrogens is 198 g/mol. The van der Waals surface area contributed by atoms with Gasteiger partial charge in [0.25, 0.3) is 0 Å². The van der Waals surface area contributed by atoms with Crippen molar-refractivity contribution in [2.75, 3.05) is 13.1 Å². The van der Waals surface area contributed by atoms with Crippen molar-refractivity contribution in [3.05, 3.63) is 35.9 Å². The number of carbonyl (C=O) groups is 1. The Morgan fingerprint density at radius 3 is 2.81 bits per heavy atom. The lowest BCUT2D eigenvalue weighted by Gasteiger charge is -2.06.